The molecule has 110 valence electrons. The fourth-order valence-electron chi connectivity index (χ4n) is 1.67. The normalized spacial score (nSPS) is 12.5. The SMILES string of the molecule is Cc1ncc(/C=C/C(=O)NCC(O)c2ccc(Cl)cc2)s1. The van der Waals surface area contributed by atoms with E-state index in [1.165, 1.54) is 17.4 Å². The van der Waals surface area contributed by atoms with Crippen LogP contribution in [0.2, 0.25) is 5.02 Å². The van der Waals surface area contributed by atoms with Crippen LogP contribution in [0, 0.1) is 6.92 Å². The van der Waals surface area contributed by atoms with E-state index in [0.717, 1.165) is 9.88 Å². The van der Waals surface area contributed by atoms with Crippen LogP contribution in [0.5, 0.6) is 0 Å². The molecular formula is C15H15ClN2O2S. The van der Waals surface area contributed by atoms with Crippen molar-refractivity contribution in [3.8, 4) is 0 Å². The molecule has 1 unspecified atom stereocenters. The van der Waals surface area contributed by atoms with Crippen molar-refractivity contribution in [2.24, 2.45) is 0 Å². The molecular weight excluding hydrogens is 308 g/mol. The highest BCUT2D eigenvalue weighted by atomic mass is 35.5. The van der Waals surface area contributed by atoms with Gasteiger partial charge in [0.15, 0.2) is 0 Å². The van der Waals surface area contributed by atoms with Crippen LogP contribution < -0.4 is 5.32 Å². The molecule has 2 aromatic rings. The van der Waals surface area contributed by atoms with Gasteiger partial charge in [-0.1, -0.05) is 23.7 Å². The van der Waals surface area contributed by atoms with E-state index >= 15 is 0 Å². The highest BCUT2D eigenvalue weighted by Crippen LogP contribution is 2.16. The first-order valence-electron chi connectivity index (χ1n) is 6.36. The van der Waals surface area contributed by atoms with E-state index in [4.69, 9.17) is 11.6 Å². The number of carbonyl (C=O) groups is 1. The zero-order valence-electron chi connectivity index (χ0n) is 11.4. The molecule has 0 aliphatic heterocycles. The number of benzene rings is 1. The molecule has 0 saturated carbocycles. The van der Waals surface area contributed by atoms with Crippen LogP contribution in [-0.4, -0.2) is 22.5 Å². The van der Waals surface area contributed by atoms with Gasteiger partial charge in [0, 0.05) is 28.7 Å². The molecule has 1 amide bonds. The number of carbonyl (C=O) groups excluding carboxylic acids is 1. The second-order valence-electron chi connectivity index (χ2n) is 4.43. The van der Waals surface area contributed by atoms with E-state index in [-0.39, 0.29) is 12.5 Å². The van der Waals surface area contributed by atoms with E-state index in [2.05, 4.69) is 10.3 Å². The maximum absolute atomic E-state index is 11.7. The van der Waals surface area contributed by atoms with Crippen LogP contribution in [0.3, 0.4) is 0 Å². The second kappa shape index (κ2) is 7.36. The molecule has 1 atom stereocenters. The van der Waals surface area contributed by atoms with Crippen molar-refractivity contribution in [2.45, 2.75) is 13.0 Å². The third kappa shape index (κ3) is 4.97. The molecule has 6 heteroatoms. The molecule has 0 aliphatic carbocycles. The van der Waals surface area contributed by atoms with Crippen molar-refractivity contribution in [3.05, 3.63) is 57.0 Å². The van der Waals surface area contributed by atoms with Crippen molar-refractivity contribution in [2.75, 3.05) is 6.54 Å². The van der Waals surface area contributed by atoms with Crippen molar-refractivity contribution < 1.29 is 9.90 Å². The Balaban J connectivity index is 1.83. The summed E-state index contributed by atoms with van der Waals surface area (Å²) in [4.78, 5) is 16.7. The van der Waals surface area contributed by atoms with Gasteiger partial charge < -0.3 is 10.4 Å². The van der Waals surface area contributed by atoms with Gasteiger partial charge in [0.1, 0.15) is 0 Å². The lowest BCUT2D eigenvalue weighted by molar-refractivity contribution is -0.116. The van der Waals surface area contributed by atoms with Gasteiger partial charge >= 0.3 is 0 Å². The van der Waals surface area contributed by atoms with Crippen LogP contribution >= 0.6 is 22.9 Å². The minimum atomic E-state index is -0.759. The van der Waals surface area contributed by atoms with Crippen LogP contribution in [0.1, 0.15) is 21.6 Å². The average molecular weight is 323 g/mol. The Morgan fingerprint density at radius 1 is 1.48 bits per heavy atom. The zero-order chi connectivity index (χ0) is 15.2. The number of hydrogen-bond donors (Lipinski definition) is 2. The summed E-state index contributed by atoms with van der Waals surface area (Å²) in [5, 5.41) is 14.2. The Morgan fingerprint density at radius 3 is 2.81 bits per heavy atom. The second-order valence-corrected chi connectivity index (χ2v) is 6.13. The van der Waals surface area contributed by atoms with Crippen LogP contribution in [0.25, 0.3) is 6.08 Å². The van der Waals surface area contributed by atoms with Gasteiger partial charge in [0.05, 0.1) is 11.1 Å². The fourth-order valence-corrected chi connectivity index (χ4v) is 2.49. The first-order valence-corrected chi connectivity index (χ1v) is 7.56. The number of aryl methyl sites for hydroxylation is 1. The van der Waals surface area contributed by atoms with Crippen molar-refractivity contribution in [3.63, 3.8) is 0 Å². The summed E-state index contributed by atoms with van der Waals surface area (Å²) >= 11 is 7.29. The van der Waals surface area contributed by atoms with E-state index in [1.807, 2.05) is 6.92 Å². The predicted octanol–water partition coefficient (Wildman–Crippen LogP) is 2.97. The summed E-state index contributed by atoms with van der Waals surface area (Å²) in [5.74, 6) is -0.255. The molecule has 0 saturated heterocycles. The molecule has 0 radical (unpaired) electrons. The number of amides is 1. The molecule has 0 bridgehead atoms. The number of nitrogens with one attached hydrogen (secondary N) is 1. The third-order valence-corrected chi connectivity index (χ3v) is 3.89. The number of nitrogens with zero attached hydrogens (tertiary/aromatic N) is 1. The number of aliphatic hydroxyl groups excluding tert-OH is 1. The van der Waals surface area contributed by atoms with E-state index < -0.39 is 6.10 Å². The monoisotopic (exact) mass is 322 g/mol. The fraction of sp³-hybridized carbons (Fsp3) is 0.200. The average Bonchev–Trinajstić information content (AvgIpc) is 2.89. The zero-order valence-corrected chi connectivity index (χ0v) is 13.0. The smallest absolute Gasteiger partial charge is 0.244 e. The van der Waals surface area contributed by atoms with Crippen LogP contribution in [0.15, 0.2) is 36.5 Å². The standard InChI is InChI=1S/C15H15ClN2O2S/c1-10-17-8-13(21-10)6-7-15(20)18-9-14(19)11-2-4-12(16)5-3-11/h2-8,14,19H,9H2,1H3,(H,18,20)/b7-6+. The van der Waals surface area contributed by atoms with Crippen molar-refractivity contribution >= 4 is 34.9 Å². The van der Waals surface area contributed by atoms with Crippen LogP contribution in [-0.2, 0) is 4.79 Å². The summed E-state index contributed by atoms with van der Waals surface area (Å²) < 4.78 is 0. The molecule has 1 aromatic heterocycles. The summed E-state index contributed by atoms with van der Waals surface area (Å²) in [6.07, 6.45) is 4.09. The van der Waals surface area contributed by atoms with Gasteiger partial charge in [0.2, 0.25) is 5.91 Å². The van der Waals surface area contributed by atoms with Crippen molar-refractivity contribution in [1.29, 1.82) is 0 Å². The molecule has 1 aromatic carbocycles. The number of aliphatic hydroxyl groups is 1. The Labute approximate surface area is 132 Å². The molecule has 1 heterocycles. The molecule has 0 aliphatic rings. The predicted molar refractivity (Wildman–Crippen MR) is 85.3 cm³/mol. The number of aromatic nitrogens is 1. The molecule has 0 fully saturated rings. The van der Waals surface area contributed by atoms with E-state index in [0.29, 0.717) is 10.6 Å². The number of rotatable bonds is 5. The number of halogens is 1. The highest BCUT2D eigenvalue weighted by Gasteiger charge is 2.08. The minimum Gasteiger partial charge on any atom is -0.387 e. The number of hydrogen-bond acceptors (Lipinski definition) is 4. The Hall–Kier alpha value is -1.69. The largest absolute Gasteiger partial charge is 0.387 e. The maximum atomic E-state index is 11.7. The third-order valence-electron chi connectivity index (χ3n) is 2.76. The topological polar surface area (TPSA) is 62.2 Å². The maximum Gasteiger partial charge on any atom is 0.244 e. The summed E-state index contributed by atoms with van der Waals surface area (Å²) in [7, 11) is 0. The van der Waals surface area contributed by atoms with E-state index in [9.17, 15) is 9.90 Å². The lowest BCUT2D eigenvalue weighted by Gasteiger charge is -2.11. The minimum absolute atomic E-state index is 0.145. The highest BCUT2D eigenvalue weighted by molar-refractivity contribution is 7.12. The molecule has 21 heavy (non-hydrogen) atoms. The van der Waals surface area contributed by atoms with Gasteiger partial charge in [-0.3, -0.25) is 4.79 Å². The van der Waals surface area contributed by atoms with Gasteiger partial charge in [-0.2, -0.15) is 0 Å². The Morgan fingerprint density at radius 2 is 2.19 bits per heavy atom. The first-order chi connectivity index (χ1) is 10.0. The molecule has 0 spiro atoms. The quantitative estimate of drug-likeness (QED) is 0.832. The van der Waals surface area contributed by atoms with E-state index in [1.54, 1.807) is 36.5 Å². The lowest BCUT2D eigenvalue weighted by atomic mass is 10.1. The van der Waals surface area contributed by atoms with Gasteiger partial charge in [0.25, 0.3) is 0 Å². The Bertz CT molecular complexity index is 637. The Kier molecular flexibility index (Phi) is 5.50. The molecule has 2 rings (SSSR count). The van der Waals surface area contributed by atoms with Gasteiger partial charge in [-0.15, -0.1) is 11.3 Å². The molecule has 4 nitrogen and oxygen atoms in total. The van der Waals surface area contributed by atoms with Crippen molar-refractivity contribution in [1.82, 2.24) is 10.3 Å². The lowest BCUT2D eigenvalue weighted by Crippen LogP contribution is -2.26. The van der Waals surface area contributed by atoms with Gasteiger partial charge in [-0.25, -0.2) is 4.98 Å². The summed E-state index contributed by atoms with van der Waals surface area (Å²) in [6, 6.07) is 6.87. The summed E-state index contributed by atoms with van der Waals surface area (Å²) in [6.45, 7) is 2.05. The van der Waals surface area contributed by atoms with Crippen LogP contribution in [0.4, 0.5) is 0 Å². The summed E-state index contributed by atoms with van der Waals surface area (Å²) in [5.41, 5.74) is 0.710. The first kappa shape index (κ1) is 15.7. The molecule has 2 N–H and O–H groups in total. The van der Waals surface area contributed by atoms with Gasteiger partial charge in [-0.05, 0) is 30.7 Å². The number of thiazole rings is 1.